The van der Waals surface area contributed by atoms with Gasteiger partial charge in [-0.2, -0.15) is 0 Å². The van der Waals surface area contributed by atoms with Gasteiger partial charge in [-0.05, 0) is 51.2 Å². The average molecular weight is 265 g/mol. The van der Waals surface area contributed by atoms with Crippen molar-refractivity contribution in [3.8, 4) is 0 Å². The van der Waals surface area contributed by atoms with Crippen molar-refractivity contribution < 1.29 is 4.39 Å². The first kappa shape index (κ1) is 14.4. The van der Waals surface area contributed by atoms with Gasteiger partial charge in [-0.3, -0.25) is 4.90 Å². The molecule has 1 aromatic carbocycles. The molecule has 106 valence electrons. The second-order valence-electron chi connectivity index (χ2n) is 5.62. The van der Waals surface area contributed by atoms with Crippen molar-refractivity contribution in [2.75, 3.05) is 33.2 Å². The van der Waals surface area contributed by atoms with Gasteiger partial charge < -0.3 is 10.6 Å². The van der Waals surface area contributed by atoms with E-state index in [4.69, 9.17) is 5.73 Å². The molecule has 19 heavy (non-hydrogen) atoms. The Balaban J connectivity index is 1.97. The summed E-state index contributed by atoms with van der Waals surface area (Å²) in [6.07, 6.45) is 1.18. The zero-order valence-electron chi connectivity index (χ0n) is 11.8. The van der Waals surface area contributed by atoms with Gasteiger partial charge in [0.25, 0.3) is 0 Å². The van der Waals surface area contributed by atoms with Gasteiger partial charge in [0.05, 0.1) is 0 Å². The van der Waals surface area contributed by atoms with Crippen LogP contribution in [0.25, 0.3) is 0 Å². The van der Waals surface area contributed by atoms with Crippen LogP contribution in [0.3, 0.4) is 0 Å². The molecule has 2 unspecified atom stereocenters. The third kappa shape index (κ3) is 4.00. The number of halogens is 1. The summed E-state index contributed by atoms with van der Waals surface area (Å²) in [5.74, 6) is -0.208. The summed E-state index contributed by atoms with van der Waals surface area (Å²) in [6, 6.07) is 7.00. The first-order valence-corrected chi connectivity index (χ1v) is 7.00. The number of hydrogen-bond donors (Lipinski definition) is 1. The molecule has 0 aliphatic carbocycles. The van der Waals surface area contributed by atoms with E-state index in [0.717, 1.165) is 31.7 Å². The molecule has 2 atom stereocenters. The van der Waals surface area contributed by atoms with Gasteiger partial charge in [-0.25, -0.2) is 4.39 Å². The molecule has 1 aliphatic rings. The number of likely N-dealkylation sites (N-methyl/N-ethyl adjacent to an activating group) is 1. The molecule has 1 aromatic rings. The minimum absolute atomic E-state index is 0.0496. The van der Waals surface area contributed by atoms with Gasteiger partial charge in [0, 0.05) is 25.2 Å². The lowest BCUT2D eigenvalue weighted by atomic mass is 10.1. The number of hydrogen-bond acceptors (Lipinski definition) is 3. The number of rotatable bonds is 3. The maximum Gasteiger partial charge on any atom is 0.123 e. The fraction of sp³-hybridized carbons (Fsp3) is 0.600. The number of nitrogens with two attached hydrogens (primary N) is 1. The van der Waals surface area contributed by atoms with Gasteiger partial charge in [0.2, 0.25) is 0 Å². The van der Waals surface area contributed by atoms with E-state index in [1.54, 1.807) is 12.1 Å². The lowest BCUT2D eigenvalue weighted by Crippen LogP contribution is -2.41. The normalized spacial score (nSPS) is 24.1. The zero-order chi connectivity index (χ0) is 13.8. The monoisotopic (exact) mass is 265 g/mol. The Morgan fingerprint density at radius 2 is 2.00 bits per heavy atom. The molecule has 0 amide bonds. The molecule has 2 rings (SSSR count). The fourth-order valence-electron chi connectivity index (χ4n) is 2.76. The molecule has 3 nitrogen and oxygen atoms in total. The topological polar surface area (TPSA) is 32.5 Å². The molecule has 1 fully saturated rings. The Morgan fingerprint density at radius 3 is 2.68 bits per heavy atom. The number of nitrogens with zero attached hydrogens (tertiary/aromatic N) is 2. The van der Waals surface area contributed by atoms with Gasteiger partial charge in [0.15, 0.2) is 0 Å². The maximum absolute atomic E-state index is 12.9. The van der Waals surface area contributed by atoms with E-state index >= 15 is 0 Å². The van der Waals surface area contributed by atoms with Crippen molar-refractivity contribution in [1.82, 2.24) is 9.80 Å². The van der Waals surface area contributed by atoms with Crippen LogP contribution < -0.4 is 5.73 Å². The molecule has 2 N–H and O–H groups in total. The summed E-state index contributed by atoms with van der Waals surface area (Å²) in [5, 5.41) is 0. The first-order valence-electron chi connectivity index (χ1n) is 7.00. The largest absolute Gasteiger partial charge is 0.323 e. The molecule has 1 aliphatic heterocycles. The Kier molecular flexibility index (Phi) is 4.91. The molecule has 0 spiro atoms. The molecule has 0 radical (unpaired) electrons. The molecule has 1 saturated heterocycles. The van der Waals surface area contributed by atoms with Crippen LogP contribution in [0.2, 0.25) is 0 Å². The first-order chi connectivity index (χ1) is 9.06. The Labute approximate surface area is 115 Å². The summed E-state index contributed by atoms with van der Waals surface area (Å²) >= 11 is 0. The smallest absolute Gasteiger partial charge is 0.123 e. The van der Waals surface area contributed by atoms with Crippen molar-refractivity contribution >= 4 is 0 Å². The van der Waals surface area contributed by atoms with Crippen molar-refractivity contribution in [1.29, 1.82) is 0 Å². The lowest BCUT2D eigenvalue weighted by Gasteiger charge is -2.30. The van der Waals surface area contributed by atoms with Crippen LogP contribution in [-0.2, 0) is 0 Å². The Bertz CT molecular complexity index is 393. The van der Waals surface area contributed by atoms with Crippen LogP contribution >= 0.6 is 0 Å². The second-order valence-corrected chi connectivity index (χ2v) is 5.62. The highest BCUT2D eigenvalue weighted by Gasteiger charge is 2.21. The second kappa shape index (κ2) is 6.46. The van der Waals surface area contributed by atoms with Crippen LogP contribution in [0.1, 0.15) is 24.9 Å². The predicted molar refractivity (Wildman–Crippen MR) is 76.5 cm³/mol. The van der Waals surface area contributed by atoms with Crippen LogP contribution in [0.15, 0.2) is 24.3 Å². The van der Waals surface area contributed by atoms with Gasteiger partial charge >= 0.3 is 0 Å². The lowest BCUT2D eigenvalue weighted by molar-refractivity contribution is 0.192. The minimum atomic E-state index is -0.208. The quantitative estimate of drug-likeness (QED) is 0.905. The Hall–Kier alpha value is -0.970. The highest BCUT2D eigenvalue weighted by Crippen LogP contribution is 2.16. The van der Waals surface area contributed by atoms with Crippen molar-refractivity contribution in [2.24, 2.45) is 5.73 Å². The van der Waals surface area contributed by atoms with Crippen LogP contribution in [-0.4, -0.2) is 49.1 Å². The van der Waals surface area contributed by atoms with Gasteiger partial charge in [0.1, 0.15) is 5.82 Å². The number of benzene rings is 1. The summed E-state index contributed by atoms with van der Waals surface area (Å²) in [6.45, 7) is 6.39. The van der Waals surface area contributed by atoms with Gasteiger partial charge in [-0.15, -0.1) is 0 Å². The highest BCUT2D eigenvalue weighted by molar-refractivity contribution is 5.19. The summed E-state index contributed by atoms with van der Waals surface area (Å²) in [4.78, 5) is 4.81. The SMILES string of the molecule is CC1CN(C)CCCN1CC(N)c1ccc(F)cc1. The third-order valence-corrected chi connectivity index (χ3v) is 3.91. The van der Waals surface area contributed by atoms with E-state index in [1.807, 2.05) is 0 Å². The van der Waals surface area contributed by atoms with Crippen molar-refractivity contribution in [2.45, 2.75) is 25.4 Å². The predicted octanol–water partition coefficient (Wildman–Crippen LogP) is 1.85. The third-order valence-electron chi connectivity index (χ3n) is 3.91. The molecular formula is C15H24FN3. The molecular weight excluding hydrogens is 241 g/mol. The molecule has 1 heterocycles. The van der Waals surface area contributed by atoms with E-state index < -0.39 is 0 Å². The van der Waals surface area contributed by atoms with E-state index in [1.165, 1.54) is 18.6 Å². The molecule has 0 aromatic heterocycles. The van der Waals surface area contributed by atoms with Crippen LogP contribution in [0, 0.1) is 5.82 Å². The van der Waals surface area contributed by atoms with Gasteiger partial charge in [-0.1, -0.05) is 12.1 Å². The molecule has 4 heteroatoms. The highest BCUT2D eigenvalue weighted by atomic mass is 19.1. The van der Waals surface area contributed by atoms with E-state index in [-0.39, 0.29) is 11.9 Å². The zero-order valence-corrected chi connectivity index (χ0v) is 11.8. The van der Waals surface area contributed by atoms with Crippen LogP contribution in [0.5, 0.6) is 0 Å². The summed E-state index contributed by atoms with van der Waals surface area (Å²) in [5.41, 5.74) is 7.25. The maximum atomic E-state index is 12.9. The average Bonchev–Trinajstić information content (AvgIpc) is 2.52. The van der Waals surface area contributed by atoms with Crippen molar-refractivity contribution in [3.05, 3.63) is 35.6 Å². The van der Waals surface area contributed by atoms with Crippen molar-refractivity contribution in [3.63, 3.8) is 0 Å². The van der Waals surface area contributed by atoms with E-state index in [2.05, 4.69) is 23.8 Å². The molecule has 0 bridgehead atoms. The van der Waals surface area contributed by atoms with Crippen LogP contribution in [0.4, 0.5) is 4.39 Å². The Morgan fingerprint density at radius 1 is 1.32 bits per heavy atom. The van der Waals surface area contributed by atoms with E-state index in [0.29, 0.717) is 6.04 Å². The summed E-state index contributed by atoms with van der Waals surface area (Å²) < 4.78 is 12.9. The standard InChI is InChI=1S/C15H24FN3/c1-12-10-18(2)8-3-9-19(12)11-15(17)13-4-6-14(16)7-5-13/h4-7,12,15H,3,8-11,17H2,1-2H3. The molecule has 0 saturated carbocycles. The minimum Gasteiger partial charge on any atom is -0.323 e. The summed E-state index contributed by atoms with van der Waals surface area (Å²) in [7, 11) is 2.17. The fourth-order valence-corrected chi connectivity index (χ4v) is 2.76. The van der Waals surface area contributed by atoms with E-state index in [9.17, 15) is 4.39 Å².